The van der Waals surface area contributed by atoms with Crippen LogP contribution in [0.5, 0.6) is 0 Å². The van der Waals surface area contributed by atoms with E-state index in [2.05, 4.69) is 34.0 Å². The number of aryl methyl sites for hydroxylation is 2. The zero-order chi connectivity index (χ0) is 13.1. The van der Waals surface area contributed by atoms with Crippen LogP contribution in [0.3, 0.4) is 0 Å². The van der Waals surface area contributed by atoms with E-state index in [-0.39, 0.29) is 0 Å². The van der Waals surface area contributed by atoms with E-state index in [9.17, 15) is 0 Å². The molecule has 2 rings (SSSR count). The van der Waals surface area contributed by atoms with E-state index in [1.165, 1.54) is 10.6 Å². The van der Waals surface area contributed by atoms with Gasteiger partial charge < -0.3 is 0 Å². The lowest BCUT2D eigenvalue weighted by atomic mass is 10.3. The molecule has 0 aliphatic carbocycles. The number of benzene rings is 1. The molecular weight excluding hydrogens is 332 g/mol. The van der Waals surface area contributed by atoms with Crippen molar-refractivity contribution in [3.8, 4) is 0 Å². The molecule has 0 radical (unpaired) electrons. The van der Waals surface area contributed by atoms with E-state index < -0.39 is 0 Å². The summed E-state index contributed by atoms with van der Waals surface area (Å²) in [6.45, 7) is 2.11. The largest absolute Gasteiger partial charge is 0.270 e. The lowest BCUT2D eigenvalue weighted by Crippen LogP contribution is -1.96. The van der Waals surface area contributed by atoms with Crippen molar-refractivity contribution in [2.45, 2.75) is 24.0 Å². The van der Waals surface area contributed by atoms with Crippen molar-refractivity contribution < 1.29 is 0 Å². The van der Waals surface area contributed by atoms with Gasteiger partial charge in [0.1, 0.15) is 0 Å². The van der Waals surface area contributed by atoms with Crippen molar-refractivity contribution in [3.63, 3.8) is 0 Å². The van der Waals surface area contributed by atoms with E-state index in [1.54, 1.807) is 11.8 Å². The molecule has 0 saturated carbocycles. The Morgan fingerprint density at radius 3 is 2.83 bits per heavy atom. The summed E-state index contributed by atoms with van der Waals surface area (Å²) in [7, 11) is 1.98. The third kappa shape index (κ3) is 3.11. The molecule has 18 heavy (non-hydrogen) atoms. The fourth-order valence-corrected chi connectivity index (χ4v) is 3.90. The van der Waals surface area contributed by atoms with Gasteiger partial charge in [-0.3, -0.25) is 4.68 Å². The first kappa shape index (κ1) is 14.0. The van der Waals surface area contributed by atoms with Gasteiger partial charge in [0.25, 0.3) is 0 Å². The van der Waals surface area contributed by atoms with Crippen LogP contribution in [0, 0.1) is 0 Å². The van der Waals surface area contributed by atoms with E-state index >= 15 is 0 Å². The monoisotopic (exact) mass is 344 g/mol. The van der Waals surface area contributed by atoms with Gasteiger partial charge in [0.15, 0.2) is 0 Å². The lowest BCUT2D eigenvalue weighted by molar-refractivity contribution is 0.719. The summed E-state index contributed by atoms with van der Waals surface area (Å²) in [6, 6.07) is 7.92. The molecule has 0 bridgehead atoms. The number of nitrogens with zero attached hydrogens (tertiary/aromatic N) is 2. The third-order valence-electron chi connectivity index (χ3n) is 2.67. The van der Waals surface area contributed by atoms with Gasteiger partial charge in [-0.1, -0.05) is 24.6 Å². The number of hydrogen-bond acceptors (Lipinski definition) is 2. The van der Waals surface area contributed by atoms with Crippen molar-refractivity contribution in [2.75, 3.05) is 0 Å². The molecule has 0 saturated heterocycles. The Bertz CT molecular complexity index is 554. The lowest BCUT2D eigenvalue weighted by Gasteiger charge is -2.03. The fraction of sp³-hybridized carbons (Fsp3) is 0.308. The van der Waals surface area contributed by atoms with Crippen LogP contribution in [-0.2, 0) is 19.2 Å². The Morgan fingerprint density at radius 1 is 1.44 bits per heavy atom. The summed E-state index contributed by atoms with van der Waals surface area (Å²) in [5.74, 6) is 0.879. The number of rotatable bonds is 4. The maximum absolute atomic E-state index is 5.98. The molecule has 0 spiro atoms. The minimum Gasteiger partial charge on any atom is -0.270 e. The molecule has 1 heterocycles. The van der Waals surface area contributed by atoms with Gasteiger partial charge in [-0.05, 0) is 40.5 Å². The maximum atomic E-state index is 5.98. The second-order valence-electron chi connectivity index (χ2n) is 3.93. The highest BCUT2D eigenvalue weighted by molar-refractivity contribution is 9.10. The molecule has 1 aromatic carbocycles. The molecule has 0 N–H and O–H groups in total. The van der Waals surface area contributed by atoms with Crippen molar-refractivity contribution in [1.82, 2.24) is 9.78 Å². The molecule has 0 aliphatic heterocycles. The Balaban J connectivity index is 2.13. The Labute approximate surface area is 125 Å². The molecule has 0 amide bonds. The van der Waals surface area contributed by atoms with E-state index in [0.29, 0.717) is 0 Å². The van der Waals surface area contributed by atoms with Crippen LogP contribution in [-0.4, -0.2) is 9.78 Å². The van der Waals surface area contributed by atoms with E-state index in [0.717, 1.165) is 27.4 Å². The summed E-state index contributed by atoms with van der Waals surface area (Å²) in [6.07, 6.45) is 0.941. The molecule has 1 aromatic heterocycles. The normalized spacial score (nSPS) is 10.9. The highest BCUT2D eigenvalue weighted by atomic mass is 79.9. The molecular formula is C13H14BrClN2S. The summed E-state index contributed by atoms with van der Waals surface area (Å²) in [4.78, 5) is 1.17. The highest BCUT2D eigenvalue weighted by Gasteiger charge is 2.12. The summed E-state index contributed by atoms with van der Waals surface area (Å²) in [5.41, 5.74) is 2.32. The van der Waals surface area contributed by atoms with Gasteiger partial charge in [-0.2, -0.15) is 5.10 Å². The number of aromatic nitrogens is 2. The highest BCUT2D eigenvalue weighted by Crippen LogP contribution is 2.30. The average molecular weight is 346 g/mol. The molecule has 0 aliphatic rings. The average Bonchev–Trinajstić information content (AvgIpc) is 2.62. The first-order chi connectivity index (χ1) is 8.61. The summed E-state index contributed by atoms with van der Waals surface area (Å²) >= 11 is 11.4. The number of halogens is 2. The van der Waals surface area contributed by atoms with Gasteiger partial charge in [0, 0.05) is 22.7 Å². The number of hydrogen-bond donors (Lipinski definition) is 0. The van der Waals surface area contributed by atoms with Gasteiger partial charge in [0.05, 0.1) is 15.9 Å². The summed E-state index contributed by atoms with van der Waals surface area (Å²) < 4.78 is 3.07. The SMILES string of the molecule is CCc1nn(C)c(CSc2cccc(Cl)c2)c1Br. The van der Waals surface area contributed by atoms with Crippen LogP contribution in [0.4, 0.5) is 0 Å². The number of thioether (sulfide) groups is 1. The Hall–Kier alpha value is -0.450. The topological polar surface area (TPSA) is 17.8 Å². The maximum Gasteiger partial charge on any atom is 0.0767 e. The van der Waals surface area contributed by atoms with Crippen molar-refractivity contribution in [2.24, 2.45) is 7.05 Å². The minimum absolute atomic E-state index is 0.776. The molecule has 5 heteroatoms. The predicted molar refractivity (Wildman–Crippen MR) is 81.3 cm³/mol. The molecule has 0 atom stereocenters. The second-order valence-corrected chi connectivity index (χ2v) is 6.21. The van der Waals surface area contributed by atoms with Crippen molar-refractivity contribution in [1.29, 1.82) is 0 Å². The van der Waals surface area contributed by atoms with Crippen LogP contribution in [0.25, 0.3) is 0 Å². The van der Waals surface area contributed by atoms with Crippen LogP contribution in [0.2, 0.25) is 5.02 Å². The Kier molecular flexibility index (Phi) is 4.76. The summed E-state index contributed by atoms with van der Waals surface area (Å²) in [5, 5.41) is 5.27. The standard InChI is InChI=1S/C13H14BrClN2S/c1-3-11-13(14)12(17(2)16-11)8-18-10-6-4-5-9(15)7-10/h4-7H,3,8H2,1-2H3. The zero-order valence-corrected chi connectivity index (χ0v) is 13.4. The van der Waals surface area contributed by atoms with Crippen molar-refractivity contribution >= 4 is 39.3 Å². The van der Waals surface area contributed by atoms with E-state index in [4.69, 9.17) is 11.6 Å². The van der Waals surface area contributed by atoms with Gasteiger partial charge in [-0.25, -0.2) is 0 Å². The molecule has 0 fully saturated rings. The molecule has 2 aromatic rings. The fourth-order valence-electron chi connectivity index (χ4n) is 1.69. The first-order valence-corrected chi connectivity index (χ1v) is 7.86. The third-order valence-corrected chi connectivity index (χ3v) is 4.83. The second kappa shape index (κ2) is 6.13. The van der Waals surface area contributed by atoms with Crippen LogP contribution in [0.15, 0.2) is 33.6 Å². The van der Waals surface area contributed by atoms with Gasteiger partial charge >= 0.3 is 0 Å². The quantitative estimate of drug-likeness (QED) is 0.748. The van der Waals surface area contributed by atoms with Crippen LogP contribution in [0.1, 0.15) is 18.3 Å². The predicted octanol–water partition coefficient (Wildman–Crippen LogP) is 4.69. The first-order valence-electron chi connectivity index (χ1n) is 5.70. The molecule has 96 valence electrons. The van der Waals surface area contributed by atoms with Gasteiger partial charge in [-0.15, -0.1) is 11.8 Å². The van der Waals surface area contributed by atoms with Crippen LogP contribution < -0.4 is 0 Å². The smallest absolute Gasteiger partial charge is 0.0767 e. The van der Waals surface area contributed by atoms with Gasteiger partial charge in [0.2, 0.25) is 0 Å². The molecule has 2 nitrogen and oxygen atoms in total. The van der Waals surface area contributed by atoms with Crippen LogP contribution >= 0.6 is 39.3 Å². The van der Waals surface area contributed by atoms with E-state index in [1.807, 2.05) is 29.9 Å². The molecule has 0 unspecified atom stereocenters. The Morgan fingerprint density at radius 2 is 2.22 bits per heavy atom. The van der Waals surface area contributed by atoms with Crippen molar-refractivity contribution in [3.05, 3.63) is 45.1 Å². The zero-order valence-electron chi connectivity index (χ0n) is 10.3. The minimum atomic E-state index is 0.776.